The van der Waals surface area contributed by atoms with Gasteiger partial charge in [-0.2, -0.15) is 0 Å². The fourth-order valence-electron chi connectivity index (χ4n) is 9.31. The van der Waals surface area contributed by atoms with Gasteiger partial charge in [0.05, 0.1) is 77.7 Å². The molecule has 0 radical (unpaired) electrons. The average molecular weight is 942 g/mol. The summed E-state index contributed by atoms with van der Waals surface area (Å²) in [7, 11) is 3.47. The minimum Gasteiger partial charge on any atom is -0.462 e. The number of hydrogen-bond acceptors (Lipinski definition) is 16. The van der Waals surface area contributed by atoms with Gasteiger partial charge in [0.2, 0.25) is 0 Å². The number of rotatable bonds is 14. The van der Waals surface area contributed by atoms with Crippen molar-refractivity contribution in [3.8, 4) is 5.69 Å². The molecule has 0 unspecified atom stereocenters. The van der Waals surface area contributed by atoms with Gasteiger partial charge >= 0.3 is 5.97 Å². The van der Waals surface area contributed by atoms with Gasteiger partial charge < -0.3 is 39.5 Å². The van der Waals surface area contributed by atoms with Crippen molar-refractivity contribution < 1.29 is 49.1 Å². The molecule has 0 saturated carbocycles. The maximum Gasteiger partial charge on any atom is 0.308 e. The van der Waals surface area contributed by atoms with Gasteiger partial charge in [-0.05, 0) is 83.4 Å². The molecule has 12 atom stereocenters. The molecule has 4 heterocycles. The number of pyridine rings is 1. The molecule has 4 aromatic rings. The lowest BCUT2D eigenvalue weighted by Gasteiger charge is -2.46. The molecule has 68 heavy (non-hydrogen) atoms. The lowest BCUT2D eigenvalue weighted by atomic mass is 9.79. The number of hydrogen-bond donors (Lipinski definition) is 4. The highest BCUT2D eigenvalue weighted by atomic mass is 16.7. The number of esters is 1. The third kappa shape index (κ3) is 13.3. The molecule has 2 aliphatic heterocycles. The summed E-state index contributed by atoms with van der Waals surface area (Å²) >= 11 is 0. The van der Waals surface area contributed by atoms with Crippen LogP contribution >= 0.6 is 0 Å². The molecule has 2 aromatic heterocycles. The largest absolute Gasteiger partial charge is 0.462 e. The normalized spacial score (nSPS) is 30.3. The zero-order chi connectivity index (χ0) is 49.2. The van der Waals surface area contributed by atoms with E-state index in [-0.39, 0.29) is 24.5 Å². The zero-order valence-corrected chi connectivity index (χ0v) is 39.9. The Bertz CT molecular complexity index is 2370. The van der Waals surface area contributed by atoms with Crippen LogP contribution < -0.4 is 0 Å². The number of ketones is 1. The number of nitro groups is 1. The smallest absolute Gasteiger partial charge is 0.308 e. The Hall–Kier alpha value is -5.31. The average Bonchev–Trinajstić information content (AvgIpc) is 3.79. The second-order valence-corrected chi connectivity index (χ2v) is 18.7. The number of benzene rings is 2. The molecule has 0 aliphatic carbocycles. The van der Waals surface area contributed by atoms with E-state index in [9.17, 15) is 40.1 Å². The monoisotopic (exact) mass is 941 g/mol. The maximum absolute atomic E-state index is 14.0. The van der Waals surface area contributed by atoms with E-state index in [4.69, 9.17) is 14.2 Å². The number of fused-ring (bicyclic) bond motifs is 1. The van der Waals surface area contributed by atoms with Crippen molar-refractivity contribution in [3.63, 3.8) is 0 Å². The van der Waals surface area contributed by atoms with Crippen LogP contribution in [0.5, 0.6) is 0 Å². The third-order valence-electron chi connectivity index (χ3n) is 13.3. The molecule has 0 amide bonds. The SMILES string of the molecule is CC[C@H]1OC(=O)C[C@@H](O)[C@H](C)[C@@H](O[C@@H]2O[C@H](C)[C@@H](O)[C@H](N(C)C)[C@H]2O)[C@@H](CCN(Cc2ccc([N+](=O)[O-])cc2)Cc2cn(-c3cnc4ccccc4c3)nn2)C[C@@H](C)C(=O)/C=C/C(C)=C/[C@@H]1CO. The first-order chi connectivity index (χ1) is 32.5. The minimum absolute atomic E-state index is 0.0445. The molecule has 1 saturated heterocycles. The first kappa shape index (κ1) is 52.1. The van der Waals surface area contributed by atoms with E-state index in [0.29, 0.717) is 49.4 Å². The number of aromatic nitrogens is 4. The summed E-state index contributed by atoms with van der Waals surface area (Å²) in [6.45, 7) is 9.58. The van der Waals surface area contributed by atoms with Crippen molar-refractivity contribution in [2.75, 3.05) is 27.2 Å². The quantitative estimate of drug-likeness (QED) is 0.0744. The van der Waals surface area contributed by atoms with Gasteiger partial charge in [0.25, 0.3) is 5.69 Å². The number of likely N-dealkylation sites (N-methyl/N-ethyl adjacent to an activating group) is 1. The summed E-state index contributed by atoms with van der Waals surface area (Å²) in [6.07, 6.45) is 1.74. The van der Waals surface area contributed by atoms with Crippen molar-refractivity contribution in [1.29, 1.82) is 0 Å². The summed E-state index contributed by atoms with van der Waals surface area (Å²) in [4.78, 5) is 47.1. The van der Waals surface area contributed by atoms with Crippen LogP contribution in [0.15, 0.2) is 90.8 Å². The number of aliphatic hydroxyl groups excluding tert-OH is 4. The molecular formula is C50H67N7O11. The molecular weight excluding hydrogens is 875 g/mol. The standard InChI is InChI=1S/C50H67N7O11/c1-8-44-37(29-58)21-30(2)13-18-42(59)31(3)22-36(49(32(4)43(60)24-45(61)67-44)68-50-48(63)46(54(6)7)47(62)33(5)66-50)19-20-55(26-34-14-16-39(17-15-34)57(64)65)27-38-28-56(53-52-38)40-23-35-11-9-10-12-41(35)51-25-40/h9-18,21,23,25,28,31-33,36-37,43-44,46-50,58,60,62-63H,8,19-20,22,24,26-27,29H2,1-7H3/b18-13+,30-21+/t31-,32+,33-,36+,37-,43-,44-,46+,47-,48-,49-,50+/m1/s1. The summed E-state index contributed by atoms with van der Waals surface area (Å²) in [5.41, 5.74) is 3.63. The Balaban J connectivity index is 1.38. The van der Waals surface area contributed by atoms with Gasteiger partial charge in [0.1, 0.15) is 12.2 Å². The van der Waals surface area contributed by atoms with Crippen LogP contribution in [0, 0.1) is 33.8 Å². The van der Waals surface area contributed by atoms with Crippen LogP contribution in [0.2, 0.25) is 0 Å². The molecule has 0 bridgehead atoms. The number of para-hydroxylation sites is 1. The highest BCUT2D eigenvalue weighted by molar-refractivity contribution is 5.91. The molecule has 2 aromatic carbocycles. The molecule has 4 N–H and O–H groups in total. The Morgan fingerprint density at radius 1 is 1.00 bits per heavy atom. The minimum atomic E-state index is -1.33. The van der Waals surface area contributed by atoms with Crippen molar-refractivity contribution in [2.45, 2.75) is 122 Å². The number of nitro benzene ring substituents is 1. The van der Waals surface area contributed by atoms with Gasteiger partial charge in [-0.1, -0.05) is 74.0 Å². The Labute approximate surface area is 397 Å². The van der Waals surface area contributed by atoms with Crippen LogP contribution in [0.3, 0.4) is 0 Å². The number of ether oxygens (including phenoxy) is 3. The van der Waals surface area contributed by atoms with Crippen LogP contribution in [0.4, 0.5) is 5.69 Å². The first-order valence-corrected chi connectivity index (χ1v) is 23.4. The molecule has 2 aliphatic rings. The summed E-state index contributed by atoms with van der Waals surface area (Å²) < 4.78 is 20.5. The maximum atomic E-state index is 14.0. The van der Waals surface area contributed by atoms with Crippen LogP contribution in [-0.4, -0.2) is 143 Å². The van der Waals surface area contributed by atoms with Crippen molar-refractivity contribution in [1.82, 2.24) is 29.8 Å². The van der Waals surface area contributed by atoms with Crippen molar-refractivity contribution in [3.05, 3.63) is 112 Å². The highest BCUT2D eigenvalue weighted by Gasteiger charge is 2.47. The van der Waals surface area contributed by atoms with Gasteiger partial charge in [0, 0.05) is 48.4 Å². The summed E-state index contributed by atoms with van der Waals surface area (Å²) in [6, 6.07) is 15.3. The van der Waals surface area contributed by atoms with Crippen LogP contribution in [0.1, 0.15) is 71.6 Å². The van der Waals surface area contributed by atoms with Gasteiger partial charge in [-0.15, -0.1) is 5.10 Å². The number of nitrogens with zero attached hydrogens (tertiary/aromatic N) is 7. The lowest BCUT2D eigenvalue weighted by molar-refractivity contribution is -0.384. The predicted octanol–water partition coefficient (Wildman–Crippen LogP) is 4.94. The molecule has 18 nitrogen and oxygen atoms in total. The second kappa shape index (κ2) is 23.8. The van der Waals surface area contributed by atoms with E-state index in [0.717, 1.165) is 16.5 Å². The fraction of sp³-hybridized carbons (Fsp3) is 0.540. The number of cyclic esters (lactones) is 1. The number of carbonyl (C=O) groups excluding carboxylic acids is 2. The summed E-state index contributed by atoms with van der Waals surface area (Å²) in [5.74, 6) is -3.28. The van der Waals surface area contributed by atoms with E-state index in [1.807, 2.05) is 50.4 Å². The lowest BCUT2D eigenvalue weighted by Crippen LogP contribution is -2.63. The Morgan fingerprint density at radius 2 is 1.74 bits per heavy atom. The number of non-ortho nitro benzene ring substituents is 1. The van der Waals surface area contributed by atoms with Crippen molar-refractivity contribution >= 4 is 28.3 Å². The second-order valence-electron chi connectivity index (χ2n) is 18.7. The van der Waals surface area contributed by atoms with Gasteiger partial charge in [-0.25, -0.2) is 4.68 Å². The van der Waals surface area contributed by atoms with E-state index in [2.05, 4.69) is 20.2 Å². The highest BCUT2D eigenvalue weighted by Crippen LogP contribution is 2.35. The third-order valence-corrected chi connectivity index (χ3v) is 13.3. The zero-order valence-electron chi connectivity index (χ0n) is 39.9. The number of allylic oxidation sites excluding steroid dienone is 3. The van der Waals surface area contributed by atoms with E-state index in [1.54, 1.807) is 74.9 Å². The number of carbonyl (C=O) groups is 2. The fourth-order valence-corrected chi connectivity index (χ4v) is 9.31. The van der Waals surface area contributed by atoms with Crippen molar-refractivity contribution in [2.24, 2.45) is 23.7 Å². The number of aliphatic hydroxyl groups is 4. The summed E-state index contributed by atoms with van der Waals surface area (Å²) in [5, 5.41) is 66.5. The van der Waals surface area contributed by atoms with Gasteiger partial charge in [-0.3, -0.25) is 29.6 Å². The van der Waals surface area contributed by atoms with E-state index < -0.39 is 89.9 Å². The predicted molar refractivity (Wildman–Crippen MR) is 253 cm³/mol. The Kier molecular flexibility index (Phi) is 18.2. The molecule has 368 valence electrons. The Morgan fingerprint density at radius 3 is 2.43 bits per heavy atom. The first-order valence-electron chi connectivity index (χ1n) is 23.4. The van der Waals surface area contributed by atoms with Crippen LogP contribution in [0.25, 0.3) is 16.6 Å². The molecule has 18 heteroatoms. The van der Waals surface area contributed by atoms with Crippen LogP contribution in [-0.2, 0) is 36.9 Å². The van der Waals surface area contributed by atoms with E-state index >= 15 is 0 Å². The van der Waals surface area contributed by atoms with Gasteiger partial charge in [0.15, 0.2) is 12.1 Å². The topological polar surface area (TPSA) is 236 Å². The molecule has 6 rings (SSSR count). The molecule has 0 spiro atoms. The van der Waals surface area contributed by atoms with E-state index in [1.165, 1.54) is 18.2 Å². The molecule has 1 fully saturated rings.